The molecule has 3 rings (SSSR count). The van der Waals surface area contributed by atoms with E-state index in [0.717, 1.165) is 56.7 Å². The predicted octanol–water partition coefficient (Wildman–Crippen LogP) is 3.38. The molecule has 0 heterocycles. The maximum absolute atomic E-state index is 12.2. The van der Waals surface area contributed by atoms with Crippen molar-refractivity contribution >= 4 is 17.3 Å². The molecule has 0 N–H and O–H groups in total. The van der Waals surface area contributed by atoms with Gasteiger partial charge in [-0.25, -0.2) is 4.79 Å². The molecule has 23 heavy (non-hydrogen) atoms. The van der Waals surface area contributed by atoms with E-state index < -0.39 is 27.2 Å². The number of benzene rings is 1. The third-order valence-corrected chi connectivity index (χ3v) is 4.68. The zero-order valence-corrected chi connectivity index (χ0v) is 12.4. The molecule has 8 nitrogen and oxygen atoms in total. The highest BCUT2D eigenvalue weighted by atomic mass is 16.6. The van der Waals surface area contributed by atoms with Crippen LogP contribution in [0.4, 0.5) is 11.4 Å². The predicted molar refractivity (Wildman–Crippen MR) is 79.1 cm³/mol. The number of hydrogen-bond acceptors (Lipinski definition) is 6. The fourth-order valence-corrected chi connectivity index (χ4v) is 3.27. The van der Waals surface area contributed by atoms with Gasteiger partial charge in [-0.15, -0.1) is 0 Å². The molecule has 2 fully saturated rings. The summed E-state index contributed by atoms with van der Waals surface area (Å²) in [6.07, 6.45) is 5.83. The molecule has 0 saturated heterocycles. The van der Waals surface area contributed by atoms with Crippen molar-refractivity contribution in [3.63, 3.8) is 0 Å². The van der Waals surface area contributed by atoms with Gasteiger partial charge in [0.05, 0.1) is 21.5 Å². The third kappa shape index (κ3) is 3.30. The fourth-order valence-electron chi connectivity index (χ4n) is 3.27. The number of carbonyl (C=O) groups is 1. The number of non-ortho nitro benzene ring substituents is 2. The van der Waals surface area contributed by atoms with Crippen LogP contribution in [0.1, 0.15) is 48.9 Å². The molecule has 0 bridgehead atoms. The van der Waals surface area contributed by atoms with Crippen LogP contribution in [-0.4, -0.2) is 21.9 Å². The molecule has 2 aliphatic carbocycles. The number of carbonyl (C=O) groups excluding carboxylic acids is 1. The summed E-state index contributed by atoms with van der Waals surface area (Å²) >= 11 is 0. The van der Waals surface area contributed by atoms with E-state index in [1.54, 1.807) is 0 Å². The molecule has 2 aliphatic rings. The minimum atomic E-state index is -0.760. The lowest BCUT2D eigenvalue weighted by atomic mass is 9.84. The van der Waals surface area contributed by atoms with E-state index in [9.17, 15) is 25.0 Å². The van der Waals surface area contributed by atoms with E-state index in [4.69, 9.17) is 4.74 Å². The molecule has 8 heteroatoms. The Balaban J connectivity index is 1.78. The van der Waals surface area contributed by atoms with Crippen LogP contribution in [0.3, 0.4) is 0 Å². The van der Waals surface area contributed by atoms with Crippen LogP contribution >= 0.6 is 0 Å². The van der Waals surface area contributed by atoms with Gasteiger partial charge in [0.15, 0.2) is 0 Å². The van der Waals surface area contributed by atoms with Crippen molar-refractivity contribution in [1.82, 2.24) is 0 Å². The van der Waals surface area contributed by atoms with Crippen LogP contribution in [0.25, 0.3) is 0 Å². The first kappa shape index (κ1) is 15.4. The first-order valence-electron chi connectivity index (χ1n) is 7.53. The molecule has 122 valence electrons. The van der Waals surface area contributed by atoms with E-state index in [1.807, 2.05) is 0 Å². The normalized spacial score (nSPS) is 21.7. The minimum absolute atomic E-state index is 0.152. The van der Waals surface area contributed by atoms with E-state index in [1.165, 1.54) is 0 Å². The van der Waals surface area contributed by atoms with Gasteiger partial charge in [0.2, 0.25) is 0 Å². The Morgan fingerprint density at radius 3 is 2.22 bits per heavy atom. The van der Waals surface area contributed by atoms with Crippen molar-refractivity contribution < 1.29 is 19.4 Å². The summed E-state index contributed by atoms with van der Waals surface area (Å²) in [4.78, 5) is 32.4. The van der Waals surface area contributed by atoms with Gasteiger partial charge in [-0.3, -0.25) is 20.2 Å². The van der Waals surface area contributed by atoms with E-state index in [-0.39, 0.29) is 11.7 Å². The lowest BCUT2D eigenvalue weighted by Gasteiger charge is -2.28. The fraction of sp³-hybridized carbons (Fsp3) is 0.533. The molecule has 1 aromatic rings. The van der Waals surface area contributed by atoms with E-state index >= 15 is 0 Å². The number of ether oxygens (including phenoxy) is 1. The van der Waals surface area contributed by atoms with Crippen LogP contribution in [0.15, 0.2) is 18.2 Å². The summed E-state index contributed by atoms with van der Waals surface area (Å²) in [7, 11) is 0. The maximum Gasteiger partial charge on any atom is 0.338 e. The number of nitro groups is 2. The molecule has 1 aromatic carbocycles. The SMILES string of the molecule is O=C(OC1CCCC2(CC2)C1)c1cc([N+](=O)[O-])cc([N+](=O)[O-])c1. The number of esters is 1. The average molecular weight is 320 g/mol. The van der Waals surface area contributed by atoms with Crippen molar-refractivity contribution in [3.8, 4) is 0 Å². The Labute approximate surface area is 131 Å². The summed E-state index contributed by atoms with van der Waals surface area (Å²) in [5.74, 6) is -0.737. The van der Waals surface area contributed by atoms with Crippen molar-refractivity contribution in [1.29, 1.82) is 0 Å². The number of hydrogen-bond donors (Lipinski definition) is 0. The molecule has 0 aromatic heterocycles. The van der Waals surface area contributed by atoms with Gasteiger partial charge in [0.25, 0.3) is 11.4 Å². The molecule has 1 unspecified atom stereocenters. The van der Waals surface area contributed by atoms with Crippen molar-refractivity contribution in [2.24, 2.45) is 5.41 Å². The second kappa shape index (κ2) is 5.60. The van der Waals surface area contributed by atoms with Gasteiger partial charge in [-0.05, 0) is 43.9 Å². The van der Waals surface area contributed by atoms with Crippen LogP contribution in [0.5, 0.6) is 0 Å². The Bertz CT molecular complexity index is 650. The molecule has 0 radical (unpaired) electrons. The van der Waals surface area contributed by atoms with Crippen LogP contribution in [0.2, 0.25) is 0 Å². The van der Waals surface area contributed by atoms with Gasteiger partial charge in [0.1, 0.15) is 6.10 Å². The van der Waals surface area contributed by atoms with Crippen LogP contribution in [-0.2, 0) is 4.74 Å². The highest BCUT2D eigenvalue weighted by Gasteiger charge is 2.46. The largest absolute Gasteiger partial charge is 0.459 e. The zero-order valence-electron chi connectivity index (χ0n) is 12.4. The highest BCUT2D eigenvalue weighted by molar-refractivity contribution is 5.91. The van der Waals surface area contributed by atoms with Crippen molar-refractivity contribution in [2.45, 2.75) is 44.6 Å². The highest BCUT2D eigenvalue weighted by Crippen LogP contribution is 2.56. The Morgan fingerprint density at radius 2 is 1.70 bits per heavy atom. The standard InChI is InChI=1S/C15H16N2O6/c18-14(23-13-2-1-3-15(9-13)4-5-15)10-6-11(16(19)20)8-12(7-10)17(21)22/h6-8,13H,1-5,9H2. The van der Waals surface area contributed by atoms with Crippen molar-refractivity contribution in [3.05, 3.63) is 44.0 Å². The number of rotatable bonds is 4. The van der Waals surface area contributed by atoms with E-state index in [0.29, 0.717) is 5.41 Å². The second-order valence-corrected chi connectivity index (χ2v) is 6.38. The molecule has 0 amide bonds. The molecular weight excluding hydrogens is 304 g/mol. The summed E-state index contributed by atoms with van der Waals surface area (Å²) < 4.78 is 5.44. The number of nitro benzene ring substituents is 2. The summed E-state index contributed by atoms with van der Waals surface area (Å²) in [5.41, 5.74) is -0.819. The number of nitrogens with zero attached hydrogens (tertiary/aromatic N) is 2. The topological polar surface area (TPSA) is 113 Å². The Morgan fingerprint density at radius 1 is 1.09 bits per heavy atom. The van der Waals surface area contributed by atoms with Gasteiger partial charge in [-0.1, -0.05) is 0 Å². The molecule has 2 saturated carbocycles. The first-order chi connectivity index (χ1) is 10.9. The maximum atomic E-state index is 12.2. The zero-order chi connectivity index (χ0) is 16.6. The second-order valence-electron chi connectivity index (χ2n) is 6.38. The Hall–Kier alpha value is -2.51. The van der Waals surface area contributed by atoms with E-state index in [2.05, 4.69) is 0 Å². The summed E-state index contributed by atoms with van der Waals surface area (Å²) in [5, 5.41) is 21.7. The smallest absolute Gasteiger partial charge is 0.338 e. The first-order valence-corrected chi connectivity index (χ1v) is 7.53. The van der Waals surface area contributed by atoms with Gasteiger partial charge in [0, 0.05) is 12.1 Å². The van der Waals surface area contributed by atoms with Crippen LogP contribution in [0, 0.1) is 25.6 Å². The summed E-state index contributed by atoms with van der Waals surface area (Å²) in [6.45, 7) is 0. The van der Waals surface area contributed by atoms with Crippen molar-refractivity contribution in [2.75, 3.05) is 0 Å². The minimum Gasteiger partial charge on any atom is -0.459 e. The lowest BCUT2D eigenvalue weighted by Crippen LogP contribution is -2.26. The molecule has 1 atom stereocenters. The molecule has 0 aliphatic heterocycles. The molecule has 1 spiro atoms. The van der Waals surface area contributed by atoms with Crippen LogP contribution < -0.4 is 0 Å². The van der Waals surface area contributed by atoms with Gasteiger partial charge >= 0.3 is 5.97 Å². The van der Waals surface area contributed by atoms with Gasteiger partial charge < -0.3 is 4.74 Å². The quantitative estimate of drug-likeness (QED) is 0.477. The third-order valence-electron chi connectivity index (χ3n) is 4.68. The monoisotopic (exact) mass is 320 g/mol. The Kier molecular flexibility index (Phi) is 3.75. The summed E-state index contributed by atoms with van der Waals surface area (Å²) in [6, 6.07) is 2.87. The lowest BCUT2D eigenvalue weighted by molar-refractivity contribution is -0.394. The van der Waals surface area contributed by atoms with Gasteiger partial charge in [-0.2, -0.15) is 0 Å². The average Bonchev–Trinajstić information content (AvgIpc) is 3.25. The molecular formula is C15H16N2O6.